The number of amides is 1. The molecule has 3 aromatic rings. The van der Waals surface area contributed by atoms with Crippen molar-refractivity contribution in [3.8, 4) is 0 Å². The molecule has 8 heteroatoms. The molecule has 1 unspecified atom stereocenters. The summed E-state index contributed by atoms with van der Waals surface area (Å²) in [6.45, 7) is 4.19. The Balaban J connectivity index is 1.57. The van der Waals surface area contributed by atoms with Crippen LogP contribution in [-0.2, 0) is 0 Å². The molecule has 0 aliphatic carbocycles. The van der Waals surface area contributed by atoms with Crippen molar-refractivity contribution in [2.24, 2.45) is 0 Å². The van der Waals surface area contributed by atoms with Crippen molar-refractivity contribution in [2.75, 3.05) is 24.5 Å². The molecule has 1 fully saturated rings. The molecule has 0 radical (unpaired) electrons. The largest absolute Gasteiger partial charge is 0.368 e. The number of carbonyl (C=O) groups is 1. The van der Waals surface area contributed by atoms with Crippen LogP contribution in [-0.4, -0.2) is 56.6 Å². The highest BCUT2D eigenvalue weighted by molar-refractivity contribution is 6.36. The molecule has 1 aliphatic heterocycles. The lowest BCUT2D eigenvalue weighted by molar-refractivity contribution is 0.0670. The molecule has 0 aromatic carbocycles. The molecule has 4 heterocycles. The molecule has 1 amide bonds. The first kappa shape index (κ1) is 15.8. The number of aromatic nitrogens is 4. The van der Waals surface area contributed by atoms with Gasteiger partial charge in [-0.2, -0.15) is 5.10 Å². The number of fused-ring (bicyclic) bond motifs is 1. The van der Waals surface area contributed by atoms with Crippen LogP contribution in [0.1, 0.15) is 17.4 Å². The summed E-state index contributed by atoms with van der Waals surface area (Å²) in [7, 11) is 0. The second-order valence-corrected chi connectivity index (χ2v) is 6.50. The zero-order valence-electron chi connectivity index (χ0n) is 13.7. The Morgan fingerprint density at radius 1 is 1.24 bits per heavy atom. The zero-order chi connectivity index (χ0) is 17.4. The van der Waals surface area contributed by atoms with Crippen LogP contribution in [0, 0.1) is 0 Å². The Labute approximate surface area is 149 Å². The molecule has 1 aliphatic rings. The van der Waals surface area contributed by atoms with Crippen LogP contribution in [0.15, 0.2) is 36.8 Å². The second kappa shape index (κ2) is 6.33. The van der Waals surface area contributed by atoms with E-state index in [0.29, 0.717) is 28.3 Å². The molecule has 128 valence electrons. The smallest absolute Gasteiger partial charge is 0.272 e. The number of pyridine rings is 2. The fourth-order valence-corrected chi connectivity index (χ4v) is 3.49. The van der Waals surface area contributed by atoms with Crippen molar-refractivity contribution in [1.82, 2.24) is 25.1 Å². The Kier molecular flexibility index (Phi) is 4.01. The molecule has 0 spiro atoms. The van der Waals surface area contributed by atoms with Gasteiger partial charge in [-0.05, 0) is 25.1 Å². The number of hydrogen-bond acceptors (Lipinski definition) is 5. The van der Waals surface area contributed by atoms with Gasteiger partial charge in [-0.3, -0.25) is 14.9 Å². The first-order valence-electron chi connectivity index (χ1n) is 8.09. The minimum Gasteiger partial charge on any atom is -0.368 e. The summed E-state index contributed by atoms with van der Waals surface area (Å²) >= 11 is 6.24. The van der Waals surface area contributed by atoms with E-state index in [0.717, 1.165) is 18.8 Å². The number of aromatic amines is 1. The maximum absolute atomic E-state index is 13.0. The number of nitrogens with one attached hydrogen (secondary N) is 1. The van der Waals surface area contributed by atoms with Crippen LogP contribution in [0.3, 0.4) is 0 Å². The van der Waals surface area contributed by atoms with E-state index in [1.807, 2.05) is 24.0 Å². The minimum absolute atomic E-state index is 0.0585. The van der Waals surface area contributed by atoms with E-state index in [4.69, 9.17) is 11.6 Å². The quantitative estimate of drug-likeness (QED) is 0.762. The van der Waals surface area contributed by atoms with E-state index >= 15 is 0 Å². The van der Waals surface area contributed by atoms with Crippen molar-refractivity contribution in [2.45, 2.75) is 13.0 Å². The molecule has 3 aromatic heterocycles. The highest BCUT2D eigenvalue weighted by atomic mass is 35.5. The fourth-order valence-electron chi connectivity index (χ4n) is 3.26. The lowest BCUT2D eigenvalue weighted by Gasteiger charge is -2.40. The maximum Gasteiger partial charge on any atom is 0.272 e. The first-order valence-corrected chi connectivity index (χ1v) is 8.47. The lowest BCUT2D eigenvalue weighted by atomic mass is 10.1. The molecule has 7 nitrogen and oxygen atoms in total. The van der Waals surface area contributed by atoms with Gasteiger partial charge < -0.3 is 9.80 Å². The van der Waals surface area contributed by atoms with E-state index in [1.165, 1.54) is 0 Å². The Bertz CT molecular complexity index is 912. The standard InChI is InChI=1S/C17H17ClN6O/c1-11-10-23(12-2-5-19-6-3-12)8-9-24(11)17(25)15-14-13(18)4-7-20-16(14)22-21-15/h2-7,11H,8-10H2,1H3,(H,20,21,22). The topological polar surface area (TPSA) is 78.0 Å². The molecule has 0 saturated carbocycles. The van der Waals surface area contributed by atoms with Gasteiger partial charge in [0.05, 0.1) is 10.4 Å². The van der Waals surface area contributed by atoms with Crippen LogP contribution in [0.4, 0.5) is 5.69 Å². The van der Waals surface area contributed by atoms with Crippen molar-refractivity contribution in [3.63, 3.8) is 0 Å². The third-order valence-corrected chi connectivity index (χ3v) is 4.85. The summed E-state index contributed by atoms with van der Waals surface area (Å²) in [5.74, 6) is -0.0979. The Morgan fingerprint density at radius 2 is 2.04 bits per heavy atom. The summed E-state index contributed by atoms with van der Waals surface area (Å²) in [6.07, 6.45) is 5.14. The summed E-state index contributed by atoms with van der Waals surface area (Å²) in [6, 6.07) is 5.69. The SMILES string of the molecule is CC1CN(c2ccncc2)CCN1C(=O)c1[nH]nc2nccc(Cl)c12. The number of nitrogens with zero attached hydrogens (tertiary/aromatic N) is 5. The molecule has 1 atom stereocenters. The lowest BCUT2D eigenvalue weighted by Crippen LogP contribution is -2.54. The highest BCUT2D eigenvalue weighted by Crippen LogP contribution is 2.26. The van der Waals surface area contributed by atoms with Gasteiger partial charge in [-0.15, -0.1) is 0 Å². The van der Waals surface area contributed by atoms with Gasteiger partial charge in [-0.25, -0.2) is 4.98 Å². The van der Waals surface area contributed by atoms with Crippen LogP contribution in [0.2, 0.25) is 5.02 Å². The van der Waals surface area contributed by atoms with E-state index in [1.54, 1.807) is 24.7 Å². The number of anilines is 1. The van der Waals surface area contributed by atoms with E-state index in [2.05, 4.69) is 25.1 Å². The van der Waals surface area contributed by atoms with Gasteiger partial charge in [0.25, 0.3) is 5.91 Å². The summed E-state index contributed by atoms with van der Waals surface area (Å²) in [4.78, 5) is 25.3. The molecular formula is C17H17ClN6O. The third-order valence-electron chi connectivity index (χ3n) is 4.53. The number of piperazine rings is 1. The van der Waals surface area contributed by atoms with Gasteiger partial charge in [-0.1, -0.05) is 11.6 Å². The normalized spacial score (nSPS) is 17.9. The number of rotatable bonds is 2. The molecule has 0 bridgehead atoms. The van der Waals surface area contributed by atoms with Gasteiger partial charge in [0, 0.05) is 50.0 Å². The summed E-state index contributed by atoms with van der Waals surface area (Å²) in [5, 5.41) is 7.96. The summed E-state index contributed by atoms with van der Waals surface area (Å²) < 4.78 is 0. The Hall–Kier alpha value is -2.67. The molecule has 1 N–H and O–H groups in total. The second-order valence-electron chi connectivity index (χ2n) is 6.09. The van der Waals surface area contributed by atoms with Gasteiger partial charge in [0.1, 0.15) is 5.69 Å². The fraction of sp³-hybridized carbons (Fsp3) is 0.294. The van der Waals surface area contributed by atoms with Gasteiger partial charge in [0.15, 0.2) is 5.65 Å². The van der Waals surface area contributed by atoms with E-state index < -0.39 is 0 Å². The average Bonchev–Trinajstić information content (AvgIpc) is 3.07. The van der Waals surface area contributed by atoms with Crippen LogP contribution >= 0.6 is 11.6 Å². The van der Waals surface area contributed by atoms with Crippen LogP contribution in [0.25, 0.3) is 11.0 Å². The van der Waals surface area contributed by atoms with Crippen molar-refractivity contribution in [1.29, 1.82) is 0 Å². The number of hydrogen-bond donors (Lipinski definition) is 1. The third kappa shape index (κ3) is 2.80. The predicted octanol–water partition coefficient (Wildman–Crippen LogP) is 2.36. The van der Waals surface area contributed by atoms with Crippen molar-refractivity contribution >= 4 is 34.2 Å². The number of carbonyl (C=O) groups excluding carboxylic acids is 1. The number of H-pyrrole nitrogens is 1. The molecule has 4 rings (SSSR count). The molecule has 25 heavy (non-hydrogen) atoms. The maximum atomic E-state index is 13.0. The van der Waals surface area contributed by atoms with Crippen molar-refractivity contribution in [3.05, 3.63) is 47.5 Å². The highest BCUT2D eigenvalue weighted by Gasteiger charge is 2.30. The van der Waals surface area contributed by atoms with Gasteiger partial charge in [0.2, 0.25) is 0 Å². The van der Waals surface area contributed by atoms with Crippen LogP contribution in [0.5, 0.6) is 0 Å². The summed E-state index contributed by atoms with van der Waals surface area (Å²) in [5.41, 5.74) is 1.98. The average molecular weight is 357 g/mol. The van der Waals surface area contributed by atoms with Gasteiger partial charge >= 0.3 is 0 Å². The Morgan fingerprint density at radius 3 is 2.80 bits per heavy atom. The van der Waals surface area contributed by atoms with Crippen LogP contribution < -0.4 is 4.90 Å². The molecule has 1 saturated heterocycles. The monoisotopic (exact) mass is 356 g/mol. The minimum atomic E-state index is -0.0979. The number of halogens is 1. The van der Waals surface area contributed by atoms with Crippen molar-refractivity contribution < 1.29 is 4.79 Å². The molecular weight excluding hydrogens is 340 g/mol. The first-order chi connectivity index (χ1) is 12.1. The van der Waals surface area contributed by atoms with E-state index in [-0.39, 0.29) is 11.9 Å². The zero-order valence-corrected chi connectivity index (χ0v) is 14.4. The van der Waals surface area contributed by atoms with E-state index in [9.17, 15) is 4.79 Å². The predicted molar refractivity (Wildman–Crippen MR) is 95.8 cm³/mol.